The first-order valence-corrected chi connectivity index (χ1v) is 11.5. The minimum Gasteiger partial charge on any atom is -0.461 e. The van der Waals surface area contributed by atoms with Gasteiger partial charge in [-0.2, -0.15) is 0 Å². The molecule has 0 spiro atoms. The third-order valence-corrected chi connectivity index (χ3v) is 6.35. The molecule has 2 aliphatic heterocycles. The van der Waals surface area contributed by atoms with Gasteiger partial charge in [-0.25, -0.2) is 0 Å². The number of likely N-dealkylation sites (tertiary alicyclic amines) is 2. The van der Waals surface area contributed by atoms with Crippen LogP contribution in [0.1, 0.15) is 46.0 Å². The molecule has 0 aromatic heterocycles. The lowest BCUT2D eigenvalue weighted by Crippen LogP contribution is -2.57. The minimum atomic E-state index is -0.958. The highest BCUT2D eigenvalue weighted by atomic mass is 16.5. The molecule has 2 fully saturated rings. The molecule has 0 aromatic carbocycles. The predicted molar refractivity (Wildman–Crippen MR) is 120 cm³/mol. The maximum Gasteiger partial charge on any atom is 0.323 e. The molecule has 33 heavy (non-hydrogen) atoms. The van der Waals surface area contributed by atoms with Gasteiger partial charge in [-0.1, -0.05) is 0 Å². The summed E-state index contributed by atoms with van der Waals surface area (Å²) in [6.07, 6.45) is 2.76. The number of amides is 3. The number of carbonyl (C=O) groups is 5. The van der Waals surface area contributed by atoms with Crippen LogP contribution in [0.3, 0.4) is 0 Å². The van der Waals surface area contributed by atoms with E-state index >= 15 is 0 Å². The molecule has 0 aromatic rings. The largest absolute Gasteiger partial charge is 0.461 e. The van der Waals surface area contributed by atoms with Crippen LogP contribution in [0, 0.1) is 0 Å². The number of hydrogen-bond acceptors (Lipinski definition) is 8. The van der Waals surface area contributed by atoms with E-state index in [1.807, 2.05) is 11.9 Å². The molecule has 2 saturated heterocycles. The van der Waals surface area contributed by atoms with E-state index < -0.39 is 30.1 Å². The summed E-state index contributed by atoms with van der Waals surface area (Å²) in [5, 5.41) is 2.50. The van der Waals surface area contributed by atoms with Crippen LogP contribution in [0.4, 0.5) is 0 Å². The summed E-state index contributed by atoms with van der Waals surface area (Å²) < 4.78 is 5.49. The Balaban J connectivity index is 1.96. The van der Waals surface area contributed by atoms with Gasteiger partial charge >= 0.3 is 5.97 Å². The summed E-state index contributed by atoms with van der Waals surface area (Å²) in [4.78, 5) is 66.4. The van der Waals surface area contributed by atoms with Crippen molar-refractivity contribution in [2.45, 2.75) is 76.2 Å². The zero-order valence-electron chi connectivity index (χ0n) is 20.0. The number of likely N-dealkylation sites (N-methyl/N-ethyl adjacent to an activating group) is 2. The Kier molecular flexibility index (Phi) is 9.78. The van der Waals surface area contributed by atoms with Crippen molar-refractivity contribution < 1.29 is 28.7 Å². The number of esters is 1. The van der Waals surface area contributed by atoms with Crippen molar-refractivity contribution in [1.29, 1.82) is 0 Å². The van der Waals surface area contributed by atoms with E-state index in [0.717, 1.165) is 19.4 Å². The Bertz CT molecular complexity index is 747. The average Bonchev–Trinajstić information content (AvgIpc) is 3.42. The van der Waals surface area contributed by atoms with E-state index in [4.69, 9.17) is 10.5 Å². The second kappa shape index (κ2) is 12.1. The Morgan fingerprint density at radius 2 is 1.79 bits per heavy atom. The maximum absolute atomic E-state index is 13.1. The first kappa shape index (κ1) is 26.7. The van der Waals surface area contributed by atoms with Crippen LogP contribution < -0.4 is 11.1 Å². The summed E-state index contributed by atoms with van der Waals surface area (Å²) in [5.41, 5.74) is 5.72. The van der Waals surface area contributed by atoms with E-state index in [1.54, 1.807) is 6.92 Å². The smallest absolute Gasteiger partial charge is 0.323 e. The molecule has 2 heterocycles. The first-order chi connectivity index (χ1) is 15.6. The number of carbonyl (C=O) groups excluding carboxylic acids is 5. The molecule has 2 rings (SSSR count). The van der Waals surface area contributed by atoms with Crippen LogP contribution >= 0.6 is 0 Å². The topological polar surface area (TPSA) is 142 Å². The monoisotopic (exact) mass is 467 g/mol. The van der Waals surface area contributed by atoms with Crippen molar-refractivity contribution in [3.05, 3.63) is 0 Å². The van der Waals surface area contributed by atoms with Crippen LogP contribution in [0.25, 0.3) is 0 Å². The standard InChI is InChI=1S/C22H37N5O6/c1-14(13-28)24-20(30)18(12-23)26(4)21(31)16-7-6-10-27(16)19(29)11-15(2)33-22(32)17-8-5-9-25(17)3/h13-18H,5-12,23H2,1-4H3,(H,24,30). The lowest BCUT2D eigenvalue weighted by atomic mass is 10.1. The summed E-state index contributed by atoms with van der Waals surface area (Å²) in [6, 6.07) is -2.65. The molecule has 0 radical (unpaired) electrons. The molecule has 0 bridgehead atoms. The Labute approximate surface area is 194 Å². The highest BCUT2D eigenvalue weighted by Crippen LogP contribution is 2.22. The highest BCUT2D eigenvalue weighted by Gasteiger charge is 2.39. The lowest BCUT2D eigenvalue weighted by molar-refractivity contribution is -0.156. The summed E-state index contributed by atoms with van der Waals surface area (Å²) >= 11 is 0. The van der Waals surface area contributed by atoms with Crippen molar-refractivity contribution in [1.82, 2.24) is 20.0 Å². The Hall–Kier alpha value is -2.53. The first-order valence-electron chi connectivity index (χ1n) is 11.5. The number of nitrogens with two attached hydrogens (primary N) is 1. The minimum absolute atomic E-state index is 0.0205. The van der Waals surface area contributed by atoms with Gasteiger partial charge < -0.3 is 30.4 Å². The third-order valence-electron chi connectivity index (χ3n) is 6.35. The average molecular weight is 468 g/mol. The highest BCUT2D eigenvalue weighted by molar-refractivity contribution is 5.93. The van der Waals surface area contributed by atoms with Crippen molar-refractivity contribution in [3.63, 3.8) is 0 Å². The molecule has 11 nitrogen and oxygen atoms in total. The van der Waals surface area contributed by atoms with Gasteiger partial charge in [0.2, 0.25) is 17.7 Å². The molecule has 5 unspecified atom stereocenters. The number of rotatable bonds is 10. The van der Waals surface area contributed by atoms with Gasteiger partial charge in [0, 0.05) is 20.1 Å². The van der Waals surface area contributed by atoms with E-state index in [2.05, 4.69) is 5.32 Å². The molecule has 186 valence electrons. The fourth-order valence-electron chi connectivity index (χ4n) is 4.40. The van der Waals surface area contributed by atoms with Gasteiger partial charge in [0.05, 0.1) is 12.5 Å². The molecule has 0 saturated carbocycles. The number of nitrogens with one attached hydrogen (secondary N) is 1. The van der Waals surface area contributed by atoms with E-state index in [0.29, 0.717) is 25.7 Å². The quantitative estimate of drug-likeness (QED) is 0.304. The van der Waals surface area contributed by atoms with Crippen molar-refractivity contribution >= 4 is 30.0 Å². The molecule has 5 atom stereocenters. The van der Waals surface area contributed by atoms with Crippen LogP contribution in [0.2, 0.25) is 0 Å². The van der Waals surface area contributed by atoms with Crippen molar-refractivity contribution in [2.24, 2.45) is 5.73 Å². The molecule has 0 aliphatic carbocycles. The van der Waals surface area contributed by atoms with Gasteiger partial charge in [-0.05, 0) is 53.1 Å². The number of hydrogen-bond donors (Lipinski definition) is 2. The SMILES string of the molecule is CC(C=O)NC(=O)C(CN)N(C)C(=O)C1CCCN1C(=O)CC(C)OC(=O)C1CCCN1C. The van der Waals surface area contributed by atoms with Crippen molar-refractivity contribution in [2.75, 3.05) is 33.7 Å². The normalized spacial score (nSPS) is 23.5. The van der Waals surface area contributed by atoms with Gasteiger partial charge in [0.15, 0.2) is 0 Å². The zero-order chi connectivity index (χ0) is 24.7. The summed E-state index contributed by atoms with van der Waals surface area (Å²) in [5.74, 6) is -1.52. The number of aldehydes is 1. The molecular weight excluding hydrogens is 430 g/mol. The Morgan fingerprint density at radius 3 is 2.36 bits per heavy atom. The van der Waals surface area contributed by atoms with Gasteiger partial charge in [0.1, 0.15) is 30.5 Å². The molecule has 3 N–H and O–H groups in total. The van der Waals surface area contributed by atoms with Crippen molar-refractivity contribution in [3.8, 4) is 0 Å². The van der Waals surface area contributed by atoms with E-state index in [9.17, 15) is 24.0 Å². The second-order valence-corrected chi connectivity index (χ2v) is 8.97. The zero-order valence-corrected chi connectivity index (χ0v) is 20.0. The van der Waals surface area contributed by atoms with E-state index in [-0.39, 0.29) is 36.8 Å². The number of nitrogens with zero attached hydrogens (tertiary/aromatic N) is 3. The van der Waals surface area contributed by atoms with Crippen LogP contribution in [-0.2, 0) is 28.7 Å². The lowest BCUT2D eigenvalue weighted by Gasteiger charge is -2.32. The van der Waals surface area contributed by atoms with E-state index in [1.165, 1.54) is 23.8 Å². The fourth-order valence-corrected chi connectivity index (χ4v) is 4.40. The third kappa shape index (κ3) is 6.73. The van der Waals surface area contributed by atoms with Gasteiger partial charge in [-0.3, -0.25) is 24.1 Å². The molecule has 3 amide bonds. The maximum atomic E-state index is 13.1. The summed E-state index contributed by atoms with van der Waals surface area (Å²) in [7, 11) is 3.34. The molecular formula is C22H37N5O6. The predicted octanol–water partition coefficient (Wildman–Crippen LogP) is -1.12. The van der Waals surface area contributed by atoms with Gasteiger partial charge in [-0.15, -0.1) is 0 Å². The second-order valence-electron chi connectivity index (χ2n) is 8.97. The Morgan fingerprint density at radius 1 is 1.15 bits per heavy atom. The number of ether oxygens (including phenoxy) is 1. The summed E-state index contributed by atoms with van der Waals surface area (Å²) in [6.45, 7) is 4.33. The van der Waals surface area contributed by atoms with Crippen LogP contribution in [0.5, 0.6) is 0 Å². The van der Waals surface area contributed by atoms with Gasteiger partial charge in [0.25, 0.3) is 0 Å². The fraction of sp³-hybridized carbons (Fsp3) is 0.773. The molecule has 2 aliphatic rings. The van der Waals surface area contributed by atoms with Crippen LogP contribution in [0.15, 0.2) is 0 Å². The van der Waals surface area contributed by atoms with Crippen LogP contribution in [-0.4, -0.2) is 109 Å². The molecule has 11 heteroatoms.